The maximum absolute atomic E-state index is 3.58. The van der Waals surface area contributed by atoms with Crippen molar-refractivity contribution in [2.75, 3.05) is 5.32 Å². The molecule has 1 aromatic rings. The molecule has 1 nitrogen and oxygen atoms in total. The largest absolute Gasteiger partial charge is 0.382 e. The summed E-state index contributed by atoms with van der Waals surface area (Å²) < 4.78 is 0. The molecule has 15 heavy (non-hydrogen) atoms. The van der Waals surface area contributed by atoms with Crippen LogP contribution in [0.25, 0.3) is 0 Å². The Hall–Kier alpha value is -0.980. The van der Waals surface area contributed by atoms with Gasteiger partial charge in [-0.3, -0.25) is 0 Å². The molecule has 1 heteroatoms. The highest BCUT2D eigenvalue weighted by atomic mass is 14.9. The summed E-state index contributed by atoms with van der Waals surface area (Å²) in [6.07, 6.45) is 2.28. The Morgan fingerprint density at radius 1 is 1.13 bits per heavy atom. The van der Waals surface area contributed by atoms with Crippen molar-refractivity contribution in [1.29, 1.82) is 0 Å². The van der Waals surface area contributed by atoms with Crippen molar-refractivity contribution in [3.8, 4) is 0 Å². The van der Waals surface area contributed by atoms with Crippen LogP contribution in [0, 0.1) is 13.8 Å². The van der Waals surface area contributed by atoms with Crippen LogP contribution < -0.4 is 5.32 Å². The van der Waals surface area contributed by atoms with Crippen molar-refractivity contribution in [1.82, 2.24) is 0 Å². The van der Waals surface area contributed by atoms with Gasteiger partial charge in [-0.05, 0) is 50.3 Å². The minimum Gasteiger partial charge on any atom is -0.382 e. The first kappa shape index (κ1) is 12.1. The second-order valence-electron chi connectivity index (χ2n) is 4.41. The highest BCUT2D eigenvalue weighted by molar-refractivity contribution is 5.58. The Bertz CT molecular complexity index is 305. The number of anilines is 1. The van der Waals surface area contributed by atoms with Crippen molar-refractivity contribution >= 4 is 5.69 Å². The normalized spacial score (nSPS) is 12.6. The van der Waals surface area contributed by atoms with Gasteiger partial charge in [-0.2, -0.15) is 0 Å². The van der Waals surface area contributed by atoms with Gasteiger partial charge in [-0.1, -0.05) is 26.0 Å². The minimum atomic E-state index is 0.551. The molecule has 84 valence electrons. The summed E-state index contributed by atoms with van der Waals surface area (Å²) in [6, 6.07) is 5.13. The molecule has 1 unspecified atom stereocenters. The fraction of sp³-hybridized carbons (Fsp3) is 0.571. The van der Waals surface area contributed by atoms with Gasteiger partial charge in [0.05, 0.1) is 0 Å². The molecule has 1 atom stereocenters. The summed E-state index contributed by atoms with van der Waals surface area (Å²) >= 11 is 0. The highest BCUT2D eigenvalue weighted by Crippen LogP contribution is 2.23. The first-order chi connectivity index (χ1) is 7.08. The number of nitrogens with one attached hydrogen (secondary N) is 1. The molecule has 0 aliphatic heterocycles. The van der Waals surface area contributed by atoms with Gasteiger partial charge in [0, 0.05) is 11.7 Å². The van der Waals surface area contributed by atoms with Crippen LogP contribution in [0.5, 0.6) is 0 Å². The third-order valence-corrected chi connectivity index (χ3v) is 3.00. The Kier molecular flexibility index (Phi) is 4.19. The molecule has 1 aromatic carbocycles. The lowest BCUT2D eigenvalue weighted by Crippen LogP contribution is -2.15. The van der Waals surface area contributed by atoms with E-state index in [0.717, 1.165) is 12.8 Å². The monoisotopic (exact) mass is 205 g/mol. The summed E-state index contributed by atoms with van der Waals surface area (Å²) in [5.74, 6) is 0. The van der Waals surface area contributed by atoms with E-state index in [-0.39, 0.29) is 0 Å². The average molecular weight is 205 g/mol. The number of benzene rings is 1. The minimum absolute atomic E-state index is 0.551. The summed E-state index contributed by atoms with van der Waals surface area (Å²) in [5, 5.41) is 3.58. The first-order valence-corrected chi connectivity index (χ1v) is 5.95. The van der Waals surface area contributed by atoms with Crippen LogP contribution in [-0.4, -0.2) is 6.04 Å². The highest BCUT2D eigenvalue weighted by Gasteiger charge is 2.06. The van der Waals surface area contributed by atoms with E-state index in [9.17, 15) is 0 Å². The molecule has 0 heterocycles. The van der Waals surface area contributed by atoms with Crippen LogP contribution in [0.3, 0.4) is 0 Å². The summed E-state index contributed by atoms with van der Waals surface area (Å²) in [7, 11) is 0. The maximum Gasteiger partial charge on any atom is 0.0401 e. The summed E-state index contributed by atoms with van der Waals surface area (Å²) in [5.41, 5.74) is 5.49. The molecule has 0 aliphatic rings. The molecule has 0 fully saturated rings. The summed E-state index contributed by atoms with van der Waals surface area (Å²) in [4.78, 5) is 0. The lowest BCUT2D eigenvalue weighted by molar-refractivity contribution is 0.762. The van der Waals surface area contributed by atoms with Crippen LogP contribution in [0.2, 0.25) is 0 Å². The number of hydrogen-bond acceptors (Lipinski definition) is 1. The Balaban J connectivity index is 2.98. The molecule has 0 aromatic heterocycles. The van der Waals surface area contributed by atoms with Gasteiger partial charge in [-0.25, -0.2) is 0 Å². The molecule has 0 bridgehead atoms. The predicted molar refractivity (Wildman–Crippen MR) is 68.7 cm³/mol. The van der Waals surface area contributed by atoms with E-state index in [4.69, 9.17) is 0 Å². The zero-order valence-corrected chi connectivity index (χ0v) is 10.6. The fourth-order valence-electron chi connectivity index (χ4n) is 1.83. The second-order valence-corrected chi connectivity index (χ2v) is 4.41. The molecule has 0 radical (unpaired) electrons. The number of aryl methyl sites for hydroxylation is 3. The molecule has 0 spiro atoms. The molecule has 0 saturated carbocycles. The van der Waals surface area contributed by atoms with Crippen LogP contribution in [-0.2, 0) is 6.42 Å². The van der Waals surface area contributed by atoms with Crippen molar-refractivity contribution in [3.05, 3.63) is 28.8 Å². The third kappa shape index (κ3) is 2.98. The SMILES string of the molecule is CCc1cc(C)c(NC(C)CC)c(C)c1. The van der Waals surface area contributed by atoms with Gasteiger partial charge in [0.1, 0.15) is 0 Å². The van der Waals surface area contributed by atoms with Gasteiger partial charge < -0.3 is 5.32 Å². The smallest absolute Gasteiger partial charge is 0.0401 e. The Morgan fingerprint density at radius 2 is 1.67 bits per heavy atom. The van der Waals surface area contributed by atoms with Crippen LogP contribution in [0.1, 0.15) is 43.9 Å². The third-order valence-electron chi connectivity index (χ3n) is 3.00. The van der Waals surface area contributed by atoms with E-state index in [0.29, 0.717) is 6.04 Å². The van der Waals surface area contributed by atoms with Crippen molar-refractivity contribution in [2.24, 2.45) is 0 Å². The molecule has 1 N–H and O–H groups in total. The van der Waals surface area contributed by atoms with Crippen molar-refractivity contribution in [3.63, 3.8) is 0 Å². The standard InChI is InChI=1S/C14H23N/c1-6-12(5)15-14-10(3)8-13(7-2)9-11(14)4/h8-9,12,15H,6-7H2,1-5H3. The van der Waals surface area contributed by atoms with Gasteiger partial charge >= 0.3 is 0 Å². The van der Waals surface area contributed by atoms with E-state index in [1.807, 2.05) is 0 Å². The zero-order valence-electron chi connectivity index (χ0n) is 10.6. The van der Waals surface area contributed by atoms with Gasteiger partial charge in [0.25, 0.3) is 0 Å². The van der Waals surface area contributed by atoms with E-state index >= 15 is 0 Å². The number of hydrogen-bond donors (Lipinski definition) is 1. The lowest BCUT2D eigenvalue weighted by atomic mass is 10.0. The molecule has 0 amide bonds. The lowest BCUT2D eigenvalue weighted by Gasteiger charge is -2.18. The molecular weight excluding hydrogens is 182 g/mol. The Morgan fingerprint density at radius 3 is 2.07 bits per heavy atom. The molecule has 0 aliphatic carbocycles. The molecule has 0 saturated heterocycles. The van der Waals surface area contributed by atoms with Crippen molar-refractivity contribution < 1.29 is 0 Å². The van der Waals surface area contributed by atoms with Crippen LogP contribution in [0.4, 0.5) is 5.69 Å². The summed E-state index contributed by atoms with van der Waals surface area (Å²) in [6.45, 7) is 11.0. The Labute approximate surface area is 93.9 Å². The predicted octanol–water partition coefficient (Wildman–Crippen LogP) is 4.08. The van der Waals surface area contributed by atoms with Crippen LogP contribution >= 0.6 is 0 Å². The van der Waals surface area contributed by atoms with E-state index < -0.39 is 0 Å². The van der Waals surface area contributed by atoms with Crippen LogP contribution in [0.15, 0.2) is 12.1 Å². The second kappa shape index (κ2) is 5.20. The van der Waals surface area contributed by atoms with E-state index in [1.165, 1.54) is 22.4 Å². The fourth-order valence-corrected chi connectivity index (χ4v) is 1.83. The van der Waals surface area contributed by atoms with E-state index in [1.54, 1.807) is 0 Å². The van der Waals surface area contributed by atoms with Gasteiger partial charge in [0.15, 0.2) is 0 Å². The van der Waals surface area contributed by atoms with Gasteiger partial charge in [0.2, 0.25) is 0 Å². The molecular formula is C14H23N. The first-order valence-electron chi connectivity index (χ1n) is 5.95. The maximum atomic E-state index is 3.58. The molecule has 1 rings (SSSR count). The van der Waals surface area contributed by atoms with Crippen molar-refractivity contribution in [2.45, 2.75) is 53.5 Å². The van der Waals surface area contributed by atoms with E-state index in [2.05, 4.69) is 52.1 Å². The quantitative estimate of drug-likeness (QED) is 0.781. The average Bonchev–Trinajstić information content (AvgIpc) is 2.22. The zero-order chi connectivity index (χ0) is 11.4. The number of rotatable bonds is 4. The topological polar surface area (TPSA) is 12.0 Å². The van der Waals surface area contributed by atoms with Gasteiger partial charge in [-0.15, -0.1) is 0 Å².